The molecule has 1 aliphatic carbocycles. The molecule has 3 heterocycles. The van der Waals surface area contributed by atoms with Gasteiger partial charge in [-0.1, -0.05) is 12.1 Å². The summed E-state index contributed by atoms with van der Waals surface area (Å²) in [6.45, 7) is 7.31. The van der Waals surface area contributed by atoms with E-state index >= 15 is 0 Å². The number of carbonyl (C=O) groups excluding carboxylic acids is 2. The fourth-order valence-corrected chi connectivity index (χ4v) is 4.71. The Morgan fingerprint density at radius 3 is 2.45 bits per heavy atom. The molecule has 2 aliphatic heterocycles. The Bertz CT molecular complexity index is 1000. The number of hydrogen-bond acceptors (Lipinski definition) is 5. The summed E-state index contributed by atoms with van der Waals surface area (Å²) in [4.78, 5) is 29.8. The van der Waals surface area contributed by atoms with E-state index in [2.05, 4.69) is 23.3 Å². The number of benzene rings is 1. The summed E-state index contributed by atoms with van der Waals surface area (Å²) in [5, 5.41) is 0. The zero-order valence-electron chi connectivity index (χ0n) is 18.2. The third-order valence-electron chi connectivity index (χ3n) is 6.53. The van der Waals surface area contributed by atoms with Crippen LogP contribution in [0.2, 0.25) is 0 Å². The molecule has 2 aromatic rings. The third-order valence-corrected chi connectivity index (χ3v) is 6.53. The summed E-state index contributed by atoms with van der Waals surface area (Å²) in [6.07, 6.45) is 1.80. The standard InChI is InChI=1S/C24H29N3O4/c1-16-13-19(17(2)27(16)18-7-8-18)20(28)14-25-9-11-26(12-10-25)24(29)23-15-30-21-5-3-4-6-22(21)31-23/h3-6,13,18,23H,7-12,14-15H2,1-2H3. The lowest BCUT2D eigenvalue weighted by atomic mass is 10.1. The van der Waals surface area contributed by atoms with Gasteiger partial charge in [0.2, 0.25) is 6.10 Å². The number of aromatic nitrogens is 1. The number of para-hydroxylation sites is 2. The highest BCUT2D eigenvalue weighted by atomic mass is 16.6. The number of Topliss-reactive ketones (excluding diaryl/α,β-unsaturated/α-hetero) is 1. The molecule has 0 bridgehead atoms. The number of aryl methyl sites for hydroxylation is 1. The van der Waals surface area contributed by atoms with Gasteiger partial charge in [-0.15, -0.1) is 0 Å². The quantitative estimate of drug-likeness (QED) is 0.692. The van der Waals surface area contributed by atoms with Crippen LogP contribution in [-0.4, -0.2) is 71.5 Å². The second-order valence-electron chi connectivity index (χ2n) is 8.77. The van der Waals surface area contributed by atoms with Gasteiger partial charge in [0.05, 0.1) is 6.54 Å². The molecular formula is C24H29N3O4. The van der Waals surface area contributed by atoms with Crippen molar-refractivity contribution in [1.29, 1.82) is 0 Å². The van der Waals surface area contributed by atoms with Crippen molar-refractivity contribution in [3.63, 3.8) is 0 Å². The van der Waals surface area contributed by atoms with Crippen LogP contribution >= 0.6 is 0 Å². The molecular weight excluding hydrogens is 394 g/mol. The number of carbonyl (C=O) groups is 2. The Morgan fingerprint density at radius 1 is 1.03 bits per heavy atom. The lowest BCUT2D eigenvalue weighted by Gasteiger charge is -2.36. The molecule has 5 rings (SSSR count). The number of nitrogens with zero attached hydrogens (tertiary/aromatic N) is 3. The maximum Gasteiger partial charge on any atom is 0.267 e. The Hall–Kier alpha value is -2.80. The van der Waals surface area contributed by atoms with Crippen LogP contribution in [0, 0.1) is 13.8 Å². The molecule has 7 nitrogen and oxygen atoms in total. The molecule has 3 aliphatic rings. The predicted molar refractivity (Wildman–Crippen MR) is 116 cm³/mol. The van der Waals surface area contributed by atoms with E-state index in [1.165, 1.54) is 18.5 Å². The number of hydrogen-bond donors (Lipinski definition) is 0. The van der Waals surface area contributed by atoms with Gasteiger partial charge in [-0.25, -0.2) is 0 Å². The fourth-order valence-electron chi connectivity index (χ4n) is 4.71. The zero-order valence-corrected chi connectivity index (χ0v) is 18.2. The lowest BCUT2D eigenvalue weighted by molar-refractivity contribution is -0.142. The van der Waals surface area contributed by atoms with Gasteiger partial charge in [0.15, 0.2) is 17.3 Å². The van der Waals surface area contributed by atoms with Crippen molar-refractivity contribution in [1.82, 2.24) is 14.4 Å². The molecule has 7 heteroatoms. The van der Waals surface area contributed by atoms with E-state index in [-0.39, 0.29) is 18.3 Å². The van der Waals surface area contributed by atoms with Crippen molar-refractivity contribution < 1.29 is 19.1 Å². The molecule has 2 fully saturated rings. The van der Waals surface area contributed by atoms with Crippen LogP contribution in [0.15, 0.2) is 30.3 Å². The largest absolute Gasteiger partial charge is 0.485 e. The van der Waals surface area contributed by atoms with Gasteiger partial charge in [-0.05, 0) is 44.9 Å². The highest BCUT2D eigenvalue weighted by Crippen LogP contribution is 2.38. The normalized spacial score (nSPS) is 21.2. The summed E-state index contributed by atoms with van der Waals surface area (Å²) in [7, 11) is 0. The molecule has 1 saturated carbocycles. The Balaban J connectivity index is 1.15. The van der Waals surface area contributed by atoms with Crippen LogP contribution in [0.5, 0.6) is 11.5 Å². The fraction of sp³-hybridized carbons (Fsp3) is 0.500. The van der Waals surface area contributed by atoms with Crippen LogP contribution in [0.1, 0.15) is 40.6 Å². The predicted octanol–water partition coefficient (Wildman–Crippen LogP) is 2.61. The molecule has 0 spiro atoms. The van der Waals surface area contributed by atoms with E-state index < -0.39 is 6.10 Å². The summed E-state index contributed by atoms with van der Waals surface area (Å²) in [5.74, 6) is 1.41. The maximum absolute atomic E-state index is 12.9. The Kier molecular flexibility index (Phi) is 5.22. The highest BCUT2D eigenvalue weighted by Gasteiger charge is 2.33. The summed E-state index contributed by atoms with van der Waals surface area (Å²) < 4.78 is 13.9. The van der Waals surface area contributed by atoms with E-state index in [1.54, 1.807) is 0 Å². The molecule has 0 radical (unpaired) electrons. The molecule has 164 valence electrons. The molecule has 0 N–H and O–H groups in total. The van der Waals surface area contributed by atoms with Crippen molar-refractivity contribution in [3.05, 3.63) is 47.3 Å². The Morgan fingerprint density at radius 2 is 1.74 bits per heavy atom. The van der Waals surface area contributed by atoms with Crippen LogP contribution in [0.25, 0.3) is 0 Å². The first-order valence-electron chi connectivity index (χ1n) is 11.1. The van der Waals surface area contributed by atoms with E-state index in [1.807, 2.05) is 35.2 Å². The lowest BCUT2D eigenvalue weighted by Crippen LogP contribution is -2.54. The SMILES string of the molecule is Cc1cc(C(=O)CN2CCN(C(=O)C3COc4ccccc4O3)CC2)c(C)n1C1CC1. The average molecular weight is 424 g/mol. The Labute approximate surface area is 182 Å². The average Bonchev–Trinajstić information content (AvgIpc) is 3.57. The van der Waals surface area contributed by atoms with Crippen LogP contribution in [0.3, 0.4) is 0 Å². The van der Waals surface area contributed by atoms with Crippen LogP contribution < -0.4 is 9.47 Å². The van der Waals surface area contributed by atoms with Gasteiger partial charge in [0.1, 0.15) is 6.61 Å². The molecule has 1 aromatic heterocycles. The highest BCUT2D eigenvalue weighted by molar-refractivity contribution is 5.99. The summed E-state index contributed by atoms with van der Waals surface area (Å²) >= 11 is 0. The van der Waals surface area contributed by atoms with Crippen LogP contribution in [0.4, 0.5) is 0 Å². The van der Waals surface area contributed by atoms with Crippen molar-refractivity contribution >= 4 is 11.7 Å². The molecule has 1 unspecified atom stereocenters. The first kappa shape index (κ1) is 20.1. The topological polar surface area (TPSA) is 64.0 Å². The number of ketones is 1. The molecule has 1 aromatic carbocycles. The summed E-state index contributed by atoms with van der Waals surface area (Å²) in [6, 6.07) is 10.0. The number of rotatable bonds is 5. The smallest absolute Gasteiger partial charge is 0.267 e. The number of piperazine rings is 1. The third kappa shape index (κ3) is 3.94. The molecule has 1 amide bonds. The van der Waals surface area contributed by atoms with Gasteiger partial charge < -0.3 is 18.9 Å². The minimum atomic E-state index is -0.615. The number of amides is 1. The van der Waals surface area contributed by atoms with Crippen molar-refractivity contribution in [2.45, 2.75) is 38.8 Å². The van der Waals surface area contributed by atoms with Crippen molar-refractivity contribution in [2.75, 3.05) is 39.3 Å². The maximum atomic E-state index is 12.9. The monoisotopic (exact) mass is 423 g/mol. The second-order valence-corrected chi connectivity index (χ2v) is 8.77. The van der Waals surface area contributed by atoms with Crippen molar-refractivity contribution in [2.24, 2.45) is 0 Å². The first-order valence-corrected chi connectivity index (χ1v) is 11.1. The van der Waals surface area contributed by atoms with Gasteiger partial charge >= 0.3 is 0 Å². The minimum absolute atomic E-state index is 0.0477. The summed E-state index contributed by atoms with van der Waals surface area (Å²) in [5.41, 5.74) is 3.11. The van der Waals surface area contributed by atoms with Gasteiger partial charge in [0, 0.05) is 49.2 Å². The van der Waals surface area contributed by atoms with E-state index in [4.69, 9.17) is 9.47 Å². The van der Waals surface area contributed by atoms with E-state index in [0.29, 0.717) is 50.3 Å². The van der Waals surface area contributed by atoms with Gasteiger partial charge in [-0.2, -0.15) is 0 Å². The minimum Gasteiger partial charge on any atom is -0.485 e. The molecule has 1 atom stereocenters. The van der Waals surface area contributed by atoms with Gasteiger partial charge in [0.25, 0.3) is 5.91 Å². The first-order chi connectivity index (χ1) is 15.0. The second kappa shape index (κ2) is 8.04. The van der Waals surface area contributed by atoms with Gasteiger partial charge in [-0.3, -0.25) is 14.5 Å². The van der Waals surface area contributed by atoms with E-state index in [9.17, 15) is 9.59 Å². The van der Waals surface area contributed by atoms with E-state index in [0.717, 1.165) is 11.3 Å². The molecule has 1 saturated heterocycles. The van der Waals surface area contributed by atoms with Crippen molar-refractivity contribution in [3.8, 4) is 11.5 Å². The van der Waals surface area contributed by atoms with Crippen LogP contribution in [-0.2, 0) is 4.79 Å². The number of ether oxygens (including phenoxy) is 2. The number of fused-ring (bicyclic) bond motifs is 1. The molecule has 31 heavy (non-hydrogen) atoms. The zero-order chi connectivity index (χ0) is 21.5.